The van der Waals surface area contributed by atoms with E-state index in [-0.39, 0.29) is 17.9 Å². The number of hydrogen-bond acceptors (Lipinski definition) is 4. The number of nitrogens with one attached hydrogen (secondary N) is 1. The van der Waals surface area contributed by atoms with E-state index in [1.807, 2.05) is 13.8 Å². The van der Waals surface area contributed by atoms with Crippen LogP contribution in [0.5, 0.6) is 0 Å². The van der Waals surface area contributed by atoms with E-state index >= 15 is 0 Å². The van der Waals surface area contributed by atoms with E-state index in [1.165, 1.54) is 0 Å². The Balaban J connectivity index is 2.32. The van der Waals surface area contributed by atoms with Gasteiger partial charge in [-0.15, -0.1) is 0 Å². The fourth-order valence-electron chi connectivity index (χ4n) is 2.28. The summed E-state index contributed by atoms with van der Waals surface area (Å²) in [4.78, 5) is 22.7. The maximum atomic E-state index is 11.9. The number of carbonyl (C=O) groups excluding carboxylic acids is 1. The smallest absolute Gasteiger partial charge is 0.332 e. The second-order valence-corrected chi connectivity index (χ2v) is 5.47. The van der Waals surface area contributed by atoms with Crippen molar-refractivity contribution in [2.24, 2.45) is 17.6 Å². The normalized spacial score (nSPS) is 24.4. The molecule has 19 heavy (non-hydrogen) atoms. The van der Waals surface area contributed by atoms with Crippen LogP contribution in [0.2, 0.25) is 0 Å². The van der Waals surface area contributed by atoms with Crippen molar-refractivity contribution in [3.63, 3.8) is 0 Å². The molecule has 1 aliphatic heterocycles. The van der Waals surface area contributed by atoms with Gasteiger partial charge in [0.05, 0.1) is 12.0 Å². The molecule has 1 amide bonds. The van der Waals surface area contributed by atoms with Gasteiger partial charge in [-0.25, -0.2) is 4.79 Å². The van der Waals surface area contributed by atoms with Crippen molar-refractivity contribution in [1.29, 1.82) is 0 Å². The predicted octanol–water partition coefficient (Wildman–Crippen LogP) is 0.356. The van der Waals surface area contributed by atoms with Crippen molar-refractivity contribution in [1.82, 2.24) is 5.32 Å². The van der Waals surface area contributed by atoms with Crippen LogP contribution in [0.1, 0.15) is 33.1 Å². The lowest BCUT2D eigenvalue weighted by molar-refractivity contribution is -0.149. The van der Waals surface area contributed by atoms with Gasteiger partial charge in [-0.1, -0.05) is 13.8 Å². The molecule has 0 radical (unpaired) electrons. The van der Waals surface area contributed by atoms with Crippen molar-refractivity contribution < 1.29 is 19.4 Å². The van der Waals surface area contributed by atoms with Crippen LogP contribution in [0, 0.1) is 11.8 Å². The molecule has 4 N–H and O–H groups in total. The third-order valence-electron chi connectivity index (χ3n) is 3.30. The number of carbonyl (C=O) groups is 2. The van der Waals surface area contributed by atoms with Crippen LogP contribution in [0.25, 0.3) is 0 Å². The van der Waals surface area contributed by atoms with Crippen LogP contribution >= 0.6 is 0 Å². The Hall–Kier alpha value is -1.14. The summed E-state index contributed by atoms with van der Waals surface area (Å²) < 4.78 is 5.32. The molecule has 0 aromatic carbocycles. The van der Waals surface area contributed by atoms with Gasteiger partial charge in [-0.3, -0.25) is 4.79 Å². The van der Waals surface area contributed by atoms with E-state index in [0.717, 1.165) is 6.42 Å². The highest BCUT2D eigenvalue weighted by molar-refractivity contribution is 5.78. The molecule has 1 saturated heterocycles. The minimum atomic E-state index is -0.937. The average Bonchev–Trinajstić information content (AvgIpc) is 2.81. The van der Waals surface area contributed by atoms with Crippen molar-refractivity contribution in [2.45, 2.75) is 45.3 Å². The molecule has 1 heterocycles. The third kappa shape index (κ3) is 5.16. The Morgan fingerprint density at radius 1 is 1.42 bits per heavy atom. The molecule has 3 unspecified atom stereocenters. The number of carboxylic acid groups (broad SMARTS) is 1. The maximum Gasteiger partial charge on any atom is 0.332 e. The Labute approximate surface area is 113 Å². The quantitative estimate of drug-likeness (QED) is 0.621. The third-order valence-corrected chi connectivity index (χ3v) is 3.30. The second kappa shape index (κ2) is 7.45. The van der Waals surface area contributed by atoms with Crippen molar-refractivity contribution in [3.05, 3.63) is 0 Å². The van der Waals surface area contributed by atoms with Gasteiger partial charge in [-0.2, -0.15) is 0 Å². The lowest BCUT2D eigenvalue weighted by Gasteiger charge is -2.18. The Morgan fingerprint density at radius 2 is 2.11 bits per heavy atom. The first kappa shape index (κ1) is 15.9. The van der Waals surface area contributed by atoms with Crippen molar-refractivity contribution >= 4 is 11.9 Å². The molecule has 110 valence electrons. The van der Waals surface area contributed by atoms with E-state index in [2.05, 4.69) is 5.32 Å². The molecule has 6 nitrogen and oxygen atoms in total. The molecule has 0 aromatic heterocycles. The predicted molar refractivity (Wildman–Crippen MR) is 70.5 cm³/mol. The molecule has 0 aromatic rings. The summed E-state index contributed by atoms with van der Waals surface area (Å²) >= 11 is 0. The van der Waals surface area contributed by atoms with Gasteiger partial charge < -0.3 is 20.9 Å². The van der Waals surface area contributed by atoms with Gasteiger partial charge in [0.2, 0.25) is 5.91 Å². The number of aliphatic carboxylic acids is 1. The number of nitrogens with two attached hydrogens (primary N) is 1. The van der Waals surface area contributed by atoms with Gasteiger partial charge in [-0.05, 0) is 25.2 Å². The lowest BCUT2D eigenvalue weighted by atomic mass is 9.96. The number of hydrogen-bond donors (Lipinski definition) is 3. The summed E-state index contributed by atoms with van der Waals surface area (Å²) in [5.41, 5.74) is 5.60. The van der Waals surface area contributed by atoms with Crippen molar-refractivity contribution in [3.8, 4) is 0 Å². The zero-order valence-electron chi connectivity index (χ0n) is 11.6. The number of amides is 1. The number of rotatable bonds is 7. The van der Waals surface area contributed by atoms with Gasteiger partial charge in [0.25, 0.3) is 0 Å². The first-order chi connectivity index (χ1) is 8.93. The monoisotopic (exact) mass is 272 g/mol. The van der Waals surface area contributed by atoms with E-state index in [0.29, 0.717) is 31.8 Å². The molecule has 0 bridgehead atoms. The first-order valence-corrected chi connectivity index (χ1v) is 6.80. The molecular weight excluding hydrogens is 248 g/mol. The minimum absolute atomic E-state index is 0.0708. The van der Waals surface area contributed by atoms with Gasteiger partial charge in [0, 0.05) is 13.1 Å². The molecule has 0 saturated carbocycles. The number of ether oxygens (including phenoxy) is 1. The summed E-state index contributed by atoms with van der Waals surface area (Å²) in [5.74, 6) is -0.776. The van der Waals surface area contributed by atoms with E-state index in [4.69, 9.17) is 15.6 Å². The highest BCUT2D eigenvalue weighted by atomic mass is 16.5. The minimum Gasteiger partial charge on any atom is -0.479 e. The fraction of sp³-hybridized carbons (Fsp3) is 0.846. The zero-order valence-corrected chi connectivity index (χ0v) is 11.6. The molecule has 0 aliphatic carbocycles. The van der Waals surface area contributed by atoms with Crippen LogP contribution in [0.15, 0.2) is 0 Å². The Bertz CT molecular complexity index is 320. The largest absolute Gasteiger partial charge is 0.479 e. The molecule has 3 atom stereocenters. The SMILES string of the molecule is CC(C)CC(CN)C(=O)NCC1CCC(C(=O)O)O1. The van der Waals surface area contributed by atoms with E-state index in [1.54, 1.807) is 0 Å². The fourth-order valence-corrected chi connectivity index (χ4v) is 2.28. The molecule has 1 aliphatic rings. The van der Waals surface area contributed by atoms with Crippen molar-refractivity contribution in [2.75, 3.05) is 13.1 Å². The zero-order chi connectivity index (χ0) is 14.4. The van der Waals surface area contributed by atoms with Gasteiger partial charge >= 0.3 is 5.97 Å². The summed E-state index contributed by atoms with van der Waals surface area (Å²) in [6, 6.07) is 0. The van der Waals surface area contributed by atoms with E-state index in [9.17, 15) is 9.59 Å². The average molecular weight is 272 g/mol. The van der Waals surface area contributed by atoms with E-state index < -0.39 is 12.1 Å². The van der Waals surface area contributed by atoms with Gasteiger partial charge in [0.15, 0.2) is 6.10 Å². The topological polar surface area (TPSA) is 102 Å². The molecule has 6 heteroatoms. The lowest BCUT2D eigenvalue weighted by Crippen LogP contribution is -2.39. The van der Waals surface area contributed by atoms with Crippen LogP contribution in [0.3, 0.4) is 0 Å². The Morgan fingerprint density at radius 3 is 2.58 bits per heavy atom. The summed E-state index contributed by atoms with van der Waals surface area (Å²) in [6.07, 6.45) is 0.980. The standard InChI is InChI=1S/C13H24N2O4/c1-8(2)5-9(6-14)12(16)15-7-10-3-4-11(19-10)13(17)18/h8-11H,3-7,14H2,1-2H3,(H,15,16)(H,17,18). The number of carboxylic acids is 1. The van der Waals surface area contributed by atoms with Crippen LogP contribution in [-0.4, -0.2) is 42.3 Å². The molecule has 0 spiro atoms. The Kier molecular flexibility index (Phi) is 6.24. The first-order valence-electron chi connectivity index (χ1n) is 6.80. The molecule has 1 fully saturated rings. The second-order valence-electron chi connectivity index (χ2n) is 5.47. The molecular formula is C13H24N2O4. The highest BCUT2D eigenvalue weighted by Crippen LogP contribution is 2.19. The van der Waals surface area contributed by atoms with Gasteiger partial charge in [0.1, 0.15) is 0 Å². The van der Waals surface area contributed by atoms with Crippen LogP contribution in [0.4, 0.5) is 0 Å². The molecule has 1 rings (SSSR count). The maximum absolute atomic E-state index is 11.9. The highest BCUT2D eigenvalue weighted by Gasteiger charge is 2.30. The summed E-state index contributed by atoms with van der Waals surface area (Å²) in [5, 5.41) is 11.6. The summed E-state index contributed by atoms with van der Waals surface area (Å²) in [6.45, 7) is 4.78. The summed E-state index contributed by atoms with van der Waals surface area (Å²) in [7, 11) is 0. The van der Waals surface area contributed by atoms with Crippen LogP contribution < -0.4 is 11.1 Å². The van der Waals surface area contributed by atoms with Crippen LogP contribution in [-0.2, 0) is 14.3 Å².